The number of nitrogens with zero attached hydrogens (tertiary/aromatic N) is 3. The first-order valence-electron chi connectivity index (χ1n) is 9.30. The van der Waals surface area contributed by atoms with Crippen molar-refractivity contribution >= 4 is 11.7 Å². The smallest absolute Gasteiger partial charge is 0.322 e. The molecule has 4 rings (SSSR count). The fourth-order valence-corrected chi connectivity index (χ4v) is 3.66. The van der Waals surface area contributed by atoms with Crippen LogP contribution < -0.4 is 14.8 Å². The summed E-state index contributed by atoms with van der Waals surface area (Å²) < 4.78 is 13.3. The van der Waals surface area contributed by atoms with Gasteiger partial charge < -0.3 is 19.7 Å². The number of nitrogens with one attached hydrogen (secondary N) is 1. The molecule has 144 valence electrons. The number of aryl methyl sites for hydroxylation is 1. The molecule has 0 saturated heterocycles. The van der Waals surface area contributed by atoms with Gasteiger partial charge in [0.2, 0.25) is 0 Å². The number of hydrogen-bond acceptors (Lipinski definition) is 4. The highest BCUT2D eigenvalue weighted by atomic mass is 16.5. The Morgan fingerprint density at radius 2 is 2.15 bits per heavy atom. The SMILES string of the molecule is COc1ccc2c(c1)OC(C)(C)CN(C(=O)Nc1cnn(C)c1C1CC1)C2. The summed E-state index contributed by atoms with van der Waals surface area (Å²) in [6, 6.07) is 5.59. The van der Waals surface area contributed by atoms with Gasteiger partial charge in [0.05, 0.1) is 37.8 Å². The highest BCUT2D eigenvalue weighted by Crippen LogP contribution is 2.43. The third-order valence-electron chi connectivity index (χ3n) is 5.07. The molecule has 1 fully saturated rings. The van der Waals surface area contributed by atoms with Gasteiger partial charge in [0.1, 0.15) is 17.1 Å². The lowest BCUT2D eigenvalue weighted by atomic mass is 10.1. The highest BCUT2D eigenvalue weighted by Gasteiger charge is 2.34. The molecule has 0 radical (unpaired) electrons. The Labute approximate surface area is 159 Å². The Balaban J connectivity index is 1.58. The summed E-state index contributed by atoms with van der Waals surface area (Å²) in [5.74, 6) is 2.01. The van der Waals surface area contributed by atoms with E-state index in [1.54, 1.807) is 18.2 Å². The lowest BCUT2D eigenvalue weighted by Crippen LogP contribution is -2.44. The zero-order valence-corrected chi connectivity index (χ0v) is 16.3. The number of methoxy groups -OCH3 is 1. The first kappa shape index (κ1) is 17.7. The van der Waals surface area contributed by atoms with Crippen LogP contribution >= 0.6 is 0 Å². The standard InChI is InChI=1S/C20H26N4O3/c1-20(2)12-24(11-14-7-8-15(26-4)9-17(14)27-20)19(25)22-16-10-21-23(3)18(16)13-5-6-13/h7-10,13H,5-6,11-12H2,1-4H3,(H,22,25). The van der Waals surface area contributed by atoms with Crippen molar-refractivity contribution < 1.29 is 14.3 Å². The van der Waals surface area contributed by atoms with E-state index in [4.69, 9.17) is 9.47 Å². The number of urea groups is 1. The number of carbonyl (C=O) groups excluding carboxylic acids is 1. The molecule has 0 atom stereocenters. The molecule has 0 bridgehead atoms. The number of rotatable bonds is 3. The summed E-state index contributed by atoms with van der Waals surface area (Å²) in [6.07, 6.45) is 4.05. The minimum Gasteiger partial charge on any atom is -0.497 e. The molecule has 2 aromatic rings. The van der Waals surface area contributed by atoms with Crippen LogP contribution in [0.1, 0.15) is 43.9 Å². The predicted molar refractivity (Wildman–Crippen MR) is 102 cm³/mol. The maximum absolute atomic E-state index is 13.0. The molecule has 1 aliphatic heterocycles. The number of aromatic nitrogens is 2. The minimum atomic E-state index is -0.511. The van der Waals surface area contributed by atoms with Gasteiger partial charge >= 0.3 is 6.03 Å². The van der Waals surface area contributed by atoms with E-state index >= 15 is 0 Å². The summed E-state index contributed by atoms with van der Waals surface area (Å²) in [6.45, 7) is 4.94. The maximum Gasteiger partial charge on any atom is 0.322 e. The molecule has 1 aromatic heterocycles. The van der Waals surface area contributed by atoms with Crippen molar-refractivity contribution in [1.29, 1.82) is 0 Å². The number of anilines is 1. The molecule has 2 heterocycles. The number of benzene rings is 1. The quantitative estimate of drug-likeness (QED) is 0.898. The third kappa shape index (κ3) is 3.59. The molecule has 1 aromatic carbocycles. The molecular weight excluding hydrogens is 344 g/mol. The second-order valence-electron chi connectivity index (χ2n) is 7.96. The van der Waals surface area contributed by atoms with Gasteiger partial charge in [-0.15, -0.1) is 0 Å². The van der Waals surface area contributed by atoms with Crippen LogP contribution in [0.25, 0.3) is 0 Å². The van der Waals surface area contributed by atoms with E-state index < -0.39 is 5.60 Å². The van der Waals surface area contributed by atoms with Gasteiger partial charge in [0, 0.05) is 24.6 Å². The molecule has 1 aliphatic carbocycles. The van der Waals surface area contributed by atoms with Crippen LogP contribution in [0.3, 0.4) is 0 Å². The molecule has 0 spiro atoms. The Morgan fingerprint density at radius 1 is 1.37 bits per heavy atom. The minimum absolute atomic E-state index is 0.134. The highest BCUT2D eigenvalue weighted by molar-refractivity contribution is 5.90. The Morgan fingerprint density at radius 3 is 2.85 bits per heavy atom. The maximum atomic E-state index is 13.0. The zero-order valence-electron chi connectivity index (χ0n) is 16.3. The monoisotopic (exact) mass is 370 g/mol. The van der Waals surface area contributed by atoms with Crippen molar-refractivity contribution in [3.63, 3.8) is 0 Å². The topological polar surface area (TPSA) is 68.6 Å². The van der Waals surface area contributed by atoms with Crippen LogP contribution in [0, 0.1) is 0 Å². The lowest BCUT2D eigenvalue weighted by Gasteiger charge is -2.29. The fraction of sp³-hybridized carbons (Fsp3) is 0.500. The average molecular weight is 370 g/mol. The van der Waals surface area contributed by atoms with Crippen LogP contribution in [0.4, 0.5) is 10.5 Å². The third-order valence-corrected chi connectivity index (χ3v) is 5.07. The molecular formula is C20H26N4O3. The normalized spacial score (nSPS) is 18.3. The predicted octanol–water partition coefficient (Wildman–Crippen LogP) is 3.51. The molecule has 1 N–H and O–H groups in total. The van der Waals surface area contributed by atoms with Crippen LogP contribution in [0.2, 0.25) is 0 Å². The van der Waals surface area contributed by atoms with Crippen molar-refractivity contribution in [2.24, 2.45) is 7.05 Å². The van der Waals surface area contributed by atoms with E-state index in [1.807, 2.05) is 43.8 Å². The summed E-state index contributed by atoms with van der Waals surface area (Å²) in [5.41, 5.74) is 2.37. The van der Waals surface area contributed by atoms with Gasteiger partial charge in [-0.05, 0) is 38.8 Å². The van der Waals surface area contributed by atoms with Gasteiger partial charge in [-0.3, -0.25) is 4.68 Å². The summed E-state index contributed by atoms with van der Waals surface area (Å²) >= 11 is 0. The lowest BCUT2D eigenvalue weighted by molar-refractivity contribution is 0.0833. The van der Waals surface area contributed by atoms with Crippen molar-refractivity contribution in [3.8, 4) is 11.5 Å². The second kappa shape index (κ2) is 6.48. The molecule has 0 unspecified atom stereocenters. The molecule has 7 nitrogen and oxygen atoms in total. The average Bonchev–Trinajstić information content (AvgIpc) is 3.40. The van der Waals surface area contributed by atoms with E-state index in [0.29, 0.717) is 19.0 Å². The van der Waals surface area contributed by atoms with Gasteiger partial charge in [-0.1, -0.05) is 0 Å². The van der Waals surface area contributed by atoms with E-state index in [0.717, 1.165) is 41.3 Å². The summed E-state index contributed by atoms with van der Waals surface area (Å²) in [5, 5.41) is 7.39. The Bertz CT molecular complexity index is 870. The number of amides is 2. The van der Waals surface area contributed by atoms with Gasteiger partial charge in [-0.25, -0.2) is 4.79 Å². The van der Waals surface area contributed by atoms with Crippen molar-refractivity contribution in [3.05, 3.63) is 35.7 Å². The van der Waals surface area contributed by atoms with Gasteiger partial charge in [-0.2, -0.15) is 5.10 Å². The number of hydrogen-bond donors (Lipinski definition) is 1. The number of fused-ring (bicyclic) bond motifs is 1. The largest absolute Gasteiger partial charge is 0.497 e. The first-order valence-corrected chi connectivity index (χ1v) is 9.30. The van der Waals surface area contributed by atoms with Gasteiger partial charge in [0.15, 0.2) is 0 Å². The number of carbonyl (C=O) groups is 1. The van der Waals surface area contributed by atoms with Crippen molar-refractivity contribution in [2.45, 2.75) is 44.8 Å². The van der Waals surface area contributed by atoms with Crippen LogP contribution in [0.5, 0.6) is 11.5 Å². The van der Waals surface area contributed by atoms with Crippen molar-refractivity contribution in [2.75, 3.05) is 19.0 Å². The molecule has 27 heavy (non-hydrogen) atoms. The van der Waals surface area contributed by atoms with Crippen molar-refractivity contribution in [1.82, 2.24) is 14.7 Å². The fourth-order valence-electron chi connectivity index (χ4n) is 3.66. The van der Waals surface area contributed by atoms with Crippen LogP contribution in [0.15, 0.2) is 24.4 Å². The summed E-state index contributed by atoms with van der Waals surface area (Å²) in [7, 11) is 3.56. The van der Waals surface area contributed by atoms with Crippen LogP contribution in [-0.4, -0.2) is 40.0 Å². The van der Waals surface area contributed by atoms with E-state index in [2.05, 4.69) is 10.4 Å². The molecule has 1 saturated carbocycles. The first-order chi connectivity index (χ1) is 12.9. The molecule has 2 amide bonds. The molecule has 7 heteroatoms. The second-order valence-corrected chi connectivity index (χ2v) is 7.96. The van der Waals surface area contributed by atoms with Crippen LogP contribution in [-0.2, 0) is 13.6 Å². The van der Waals surface area contributed by atoms with Gasteiger partial charge in [0.25, 0.3) is 0 Å². The number of ether oxygens (including phenoxy) is 2. The van der Waals surface area contributed by atoms with E-state index in [9.17, 15) is 4.79 Å². The zero-order chi connectivity index (χ0) is 19.2. The van der Waals surface area contributed by atoms with E-state index in [-0.39, 0.29) is 6.03 Å². The Hall–Kier alpha value is -2.70. The van der Waals surface area contributed by atoms with E-state index in [1.165, 1.54) is 0 Å². The molecule has 2 aliphatic rings. The Kier molecular flexibility index (Phi) is 4.25. The summed E-state index contributed by atoms with van der Waals surface area (Å²) in [4.78, 5) is 14.8.